The molecule has 0 spiro atoms. The fourth-order valence-corrected chi connectivity index (χ4v) is 4.24. The van der Waals surface area contributed by atoms with Gasteiger partial charge in [0.15, 0.2) is 17.2 Å². The van der Waals surface area contributed by atoms with E-state index < -0.39 is 5.91 Å². The Labute approximate surface area is 236 Å². The van der Waals surface area contributed by atoms with Crippen LogP contribution in [0, 0.1) is 6.92 Å². The Morgan fingerprint density at radius 2 is 1.98 bits per heavy atom. The van der Waals surface area contributed by atoms with Gasteiger partial charge in [-0.15, -0.1) is 5.10 Å². The normalized spacial score (nSPS) is 13.9. The maximum Gasteiger partial charge on any atom is 0.293 e. The molecule has 0 aliphatic carbocycles. The van der Waals surface area contributed by atoms with Crippen LogP contribution in [0.25, 0.3) is 5.82 Å². The van der Waals surface area contributed by atoms with Gasteiger partial charge in [0.1, 0.15) is 6.61 Å². The standard InChI is InChI=1S/C27H31N9O5/c1-3-39-23-14-19(8-9-22(23)40-17-20-7-5-4-6-18(20)2)15-29-31-27(37)24-21(16-35-10-12-38-13-11-35)36(34-30-24)26-25(28)32-41-33-26/h4-9,14-15H,3,10-13,16-17H2,1-2H3,(H2,28,32)(H,31,37)/b29-15+. The van der Waals surface area contributed by atoms with Gasteiger partial charge in [-0.2, -0.15) is 9.78 Å². The molecule has 14 nitrogen and oxygen atoms in total. The number of nitrogens with zero attached hydrogens (tertiary/aromatic N) is 7. The quantitative estimate of drug-likeness (QED) is 0.203. The van der Waals surface area contributed by atoms with Crippen LogP contribution in [-0.4, -0.2) is 75.2 Å². The smallest absolute Gasteiger partial charge is 0.293 e. The van der Waals surface area contributed by atoms with Gasteiger partial charge >= 0.3 is 0 Å². The van der Waals surface area contributed by atoms with Crippen molar-refractivity contribution < 1.29 is 23.6 Å². The zero-order chi connectivity index (χ0) is 28.6. The summed E-state index contributed by atoms with van der Waals surface area (Å²) >= 11 is 0. The van der Waals surface area contributed by atoms with Crippen molar-refractivity contribution in [3.8, 4) is 17.3 Å². The summed E-state index contributed by atoms with van der Waals surface area (Å²) in [5.74, 6) is 0.818. The zero-order valence-corrected chi connectivity index (χ0v) is 22.8. The van der Waals surface area contributed by atoms with E-state index >= 15 is 0 Å². The van der Waals surface area contributed by atoms with Crippen molar-refractivity contribution in [2.75, 3.05) is 38.6 Å². The second-order valence-electron chi connectivity index (χ2n) is 9.21. The molecular formula is C27H31N9O5. The molecule has 1 aliphatic heterocycles. The van der Waals surface area contributed by atoms with Gasteiger partial charge in [-0.1, -0.05) is 29.5 Å². The van der Waals surface area contributed by atoms with E-state index in [1.165, 1.54) is 10.9 Å². The minimum absolute atomic E-state index is 0.0274. The maximum atomic E-state index is 13.1. The molecule has 2 aromatic carbocycles. The molecule has 41 heavy (non-hydrogen) atoms. The van der Waals surface area contributed by atoms with E-state index in [9.17, 15) is 4.79 Å². The van der Waals surface area contributed by atoms with Gasteiger partial charge in [0, 0.05) is 19.6 Å². The summed E-state index contributed by atoms with van der Waals surface area (Å²) in [6, 6.07) is 13.5. The lowest BCUT2D eigenvalue weighted by atomic mass is 10.1. The van der Waals surface area contributed by atoms with Crippen molar-refractivity contribution in [2.45, 2.75) is 27.0 Å². The maximum absolute atomic E-state index is 13.1. The lowest BCUT2D eigenvalue weighted by Gasteiger charge is -2.26. The Balaban J connectivity index is 1.30. The lowest BCUT2D eigenvalue weighted by molar-refractivity contribution is 0.0332. The number of ether oxygens (including phenoxy) is 3. The first-order valence-corrected chi connectivity index (χ1v) is 13.1. The summed E-state index contributed by atoms with van der Waals surface area (Å²) in [6.07, 6.45) is 1.51. The third-order valence-electron chi connectivity index (χ3n) is 6.44. The molecule has 1 aliphatic rings. The molecular weight excluding hydrogens is 530 g/mol. The average molecular weight is 562 g/mol. The van der Waals surface area contributed by atoms with Gasteiger partial charge in [0.25, 0.3) is 5.91 Å². The number of anilines is 1. The van der Waals surface area contributed by atoms with Gasteiger partial charge in [-0.3, -0.25) is 9.69 Å². The van der Waals surface area contributed by atoms with Crippen LogP contribution < -0.4 is 20.6 Å². The molecule has 14 heteroatoms. The summed E-state index contributed by atoms with van der Waals surface area (Å²) in [4.78, 5) is 15.2. The Morgan fingerprint density at radius 1 is 1.15 bits per heavy atom. The van der Waals surface area contributed by atoms with Gasteiger partial charge in [-0.05, 0) is 59.1 Å². The topological polar surface area (TPSA) is 168 Å². The predicted octanol–water partition coefficient (Wildman–Crippen LogP) is 2.11. The van der Waals surface area contributed by atoms with E-state index in [-0.39, 0.29) is 17.3 Å². The lowest BCUT2D eigenvalue weighted by Crippen LogP contribution is -2.37. The number of carbonyl (C=O) groups is 1. The number of hydrazone groups is 1. The minimum atomic E-state index is -0.547. The van der Waals surface area contributed by atoms with Crippen LogP contribution in [0.1, 0.15) is 39.8 Å². The second kappa shape index (κ2) is 13.0. The summed E-state index contributed by atoms with van der Waals surface area (Å²) < 4.78 is 23.3. The fraction of sp³-hybridized carbons (Fsp3) is 0.333. The van der Waals surface area contributed by atoms with Gasteiger partial charge in [0.2, 0.25) is 11.6 Å². The van der Waals surface area contributed by atoms with E-state index in [2.05, 4.69) is 36.1 Å². The number of amides is 1. The van der Waals surface area contributed by atoms with Gasteiger partial charge < -0.3 is 19.9 Å². The highest BCUT2D eigenvalue weighted by Crippen LogP contribution is 2.29. The Bertz CT molecular complexity index is 1510. The molecule has 3 heterocycles. The summed E-state index contributed by atoms with van der Waals surface area (Å²) in [5.41, 5.74) is 11.9. The fourth-order valence-electron chi connectivity index (χ4n) is 4.24. The van der Waals surface area contributed by atoms with Crippen LogP contribution >= 0.6 is 0 Å². The van der Waals surface area contributed by atoms with Crippen molar-refractivity contribution in [1.82, 2.24) is 35.6 Å². The number of aromatic nitrogens is 5. The van der Waals surface area contributed by atoms with Crippen LogP contribution in [0.3, 0.4) is 0 Å². The molecule has 0 atom stereocenters. The Hall–Kier alpha value is -4.82. The monoisotopic (exact) mass is 561 g/mol. The summed E-state index contributed by atoms with van der Waals surface area (Å²) in [7, 11) is 0. The number of carbonyl (C=O) groups excluding carboxylic acids is 1. The summed E-state index contributed by atoms with van der Waals surface area (Å²) in [6.45, 7) is 7.72. The molecule has 2 aromatic heterocycles. The highest BCUT2D eigenvalue weighted by molar-refractivity contribution is 5.94. The van der Waals surface area contributed by atoms with Crippen molar-refractivity contribution in [3.05, 3.63) is 70.5 Å². The van der Waals surface area contributed by atoms with Crippen LogP contribution in [0.5, 0.6) is 11.5 Å². The minimum Gasteiger partial charge on any atom is -0.490 e. The molecule has 0 unspecified atom stereocenters. The molecule has 0 radical (unpaired) electrons. The molecule has 0 saturated carbocycles. The first-order valence-electron chi connectivity index (χ1n) is 13.1. The largest absolute Gasteiger partial charge is 0.490 e. The van der Waals surface area contributed by atoms with E-state index in [4.69, 9.17) is 24.6 Å². The van der Waals surface area contributed by atoms with Crippen LogP contribution in [-0.2, 0) is 17.9 Å². The number of nitrogens with two attached hydrogens (primary N) is 1. The van der Waals surface area contributed by atoms with Crippen molar-refractivity contribution >= 4 is 17.9 Å². The second-order valence-corrected chi connectivity index (χ2v) is 9.21. The molecule has 1 saturated heterocycles. The van der Waals surface area contributed by atoms with Gasteiger partial charge in [-0.25, -0.2) is 10.1 Å². The van der Waals surface area contributed by atoms with Crippen molar-refractivity contribution in [2.24, 2.45) is 5.10 Å². The highest BCUT2D eigenvalue weighted by atomic mass is 16.6. The number of aryl methyl sites for hydroxylation is 1. The van der Waals surface area contributed by atoms with Crippen LogP contribution in [0.4, 0.5) is 5.82 Å². The van der Waals surface area contributed by atoms with Crippen LogP contribution in [0.15, 0.2) is 52.2 Å². The Kier molecular flexibility index (Phi) is 8.81. The molecule has 5 rings (SSSR count). The third-order valence-corrected chi connectivity index (χ3v) is 6.44. The highest BCUT2D eigenvalue weighted by Gasteiger charge is 2.26. The molecule has 1 amide bonds. The van der Waals surface area contributed by atoms with E-state index in [1.807, 2.05) is 50.2 Å². The number of rotatable bonds is 11. The number of nitrogens with one attached hydrogen (secondary N) is 1. The molecule has 0 bridgehead atoms. The van der Waals surface area contributed by atoms with E-state index in [1.54, 1.807) is 6.07 Å². The van der Waals surface area contributed by atoms with E-state index in [0.717, 1.165) is 11.1 Å². The number of benzene rings is 2. The number of nitrogen functional groups attached to an aromatic ring is 1. The van der Waals surface area contributed by atoms with E-state index in [0.29, 0.717) is 68.8 Å². The number of hydrogen-bond donors (Lipinski definition) is 2. The number of morpholine rings is 1. The first kappa shape index (κ1) is 27.7. The van der Waals surface area contributed by atoms with Crippen LogP contribution in [0.2, 0.25) is 0 Å². The zero-order valence-electron chi connectivity index (χ0n) is 22.8. The van der Waals surface area contributed by atoms with Crippen molar-refractivity contribution in [3.63, 3.8) is 0 Å². The SMILES string of the molecule is CCOc1cc(/C=N/NC(=O)c2nnn(-c3nonc3N)c2CN2CCOCC2)ccc1OCc1ccccc1C. The van der Waals surface area contributed by atoms with Gasteiger partial charge in [0.05, 0.1) is 31.7 Å². The third kappa shape index (κ3) is 6.67. The first-order chi connectivity index (χ1) is 20.0. The molecule has 1 fully saturated rings. The average Bonchev–Trinajstić information content (AvgIpc) is 3.59. The predicted molar refractivity (Wildman–Crippen MR) is 148 cm³/mol. The van der Waals surface area contributed by atoms with Crippen molar-refractivity contribution in [1.29, 1.82) is 0 Å². The molecule has 214 valence electrons. The molecule has 4 aromatic rings. The number of hydrogen-bond acceptors (Lipinski definition) is 12. The Morgan fingerprint density at radius 3 is 2.73 bits per heavy atom. The molecule has 3 N–H and O–H groups in total. The summed E-state index contributed by atoms with van der Waals surface area (Å²) in [5, 5.41) is 19.7.